The number of carbonyl (C=O) groups is 1. The Morgan fingerprint density at radius 2 is 1.93 bits per heavy atom. The number of aliphatic hydroxyl groups is 1. The average molecular weight is 203 g/mol. The summed E-state index contributed by atoms with van der Waals surface area (Å²) in [6.07, 6.45) is -0.329. The third kappa shape index (κ3) is 7.86. The zero-order valence-electron chi connectivity index (χ0n) is 9.63. The lowest BCUT2D eigenvalue weighted by molar-refractivity contribution is 0.0493. The smallest absolute Gasteiger partial charge is 0.407 e. The van der Waals surface area contributed by atoms with E-state index in [-0.39, 0.29) is 6.04 Å². The van der Waals surface area contributed by atoms with Gasteiger partial charge < -0.3 is 15.2 Å². The molecule has 0 aliphatic rings. The molecule has 4 nitrogen and oxygen atoms in total. The second-order valence-corrected chi connectivity index (χ2v) is 4.63. The third-order valence-electron chi connectivity index (χ3n) is 1.46. The number of hydrogen-bond acceptors (Lipinski definition) is 3. The predicted molar refractivity (Wildman–Crippen MR) is 55.1 cm³/mol. The van der Waals surface area contributed by atoms with Crippen LogP contribution in [0.15, 0.2) is 0 Å². The highest BCUT2D eigenvalue weighted by atomic mass is 16.6. The number of ether oxygens (including phenoxy) is 1. The van der Waals surface area contributed by atoms with E-state index in [1.807, 2.05) is 27.7 Å². The minimum absolute atomic E-state index is 0.0788. The lowest BCUT2D eigenvalue weighted by atomic mass is 10.1. The van der Waals surface area contributed by atoms with E-state index in [0.29, 0.717) is 6.42 Å². The van der Waals surface area contributed by atoms with E-state index in [0.717, 1.165) is 0 Å². The molecule has 0 saturated heterocycles. The van der Waals surface area contributed by atoms with Crippen LogP contribution in [0.25, 0.3) is 0 Å². The van der Waals surface area contributed by atoms with Gasteiger partial charge in [0.1, 0.15) is 5.60 Å². The summed E-state index contributed by atoms with van der Waals surface area (Å²) in [5, 5.41) is 11.7. The quantitative estimate of drug-likeness (QED) is 0.733. The first kappa shape index (κ1) is 13.2. The van der Waals surface area contributed by atoms with Gasteiger partial charge >= 0.3 is 6.09 Å². The Morgan fingerprint density at radius 3 is 2.29 bits per heavy atom. The maximum atomic E-state index is 11.2. The van der Waals surface area contributed by atoms with Crippen molar-refractivity contribution in [3.8, 4) is 0 Å². The van der Waals surface area contributed by atoms with Gasteiger partial charge in [-0.1, -0.05) is 0 Å². The monoisotopic (exact) mass is 203 g/mol. The summed E-state index contributed by atoms with van der Waals surface area (Å²) in [6.45, 7) is 8.95. The summed E-state index contributed by atoms with van der Waals surface area (Å²) in [5.74, 6) is 0. The highest BCUT2D eigenvalue weighted by Gasteiger charge is 2.17. The zero-order valence-corrected chi connectivity index (χ0v) is 9.63. The number of nitrogens with one attached hydrogen (secondary N) is 1. The minimum Gasteiger partial charge on any atom is -0.444 e. The Labute approximate surface area is 85.6 Å². The van der Waals surface area contributed by atoms with E-state index >= 15 is 0 Å². The van der Waals surface area contributed by atoms with Gasteiger partial charge in [-0.2, -0.15) is 0 Å². The van der Waals surface area contributed by atoms with Crippen LogP contribution in [0.1, 0.15) is 41.0 Å². The Bertz CT molecular complexity index is 184. The summed E-state index contributed by atoms with van der Waals surface area (Å²) >= 11 is 0. The summed E-state index contributed by atoms with van der Waals surface area (Å²) in [4.78, 5) is 11.2. The molecule has 4 heteroatoms. The Balaban J connectivity index is 3.83. The molecule has 0 radical (unpaired) electrons. The summed E-state index contributed by atoms with van der Waals surface area (Å²) < 4.78 is 5.06. The number of amides is 1. The van der Waals surface area contributed by atoms with Crippen LogP contribution in [-0.2, 0) is 4.74 Å². The molecule has 0 saturated carbocycles. The predicted octanol–water partition coefficient (Wildman–Crippen LogP) is 1.67. The van der Waals surface area contributed by atoms with Crippen molar-refractivity contribution in [1.82, 2.24) is 5.32 Å². The Morgan fingerprint density at radius 1 is 1.43 bits per heavy atom. The van der Waals surface area contributed by atoms with Gasteiger partial charge in [-0.25, -0.2) is 4.79 Å². The number of aliphatic hydroxyl groups excluding tert-OH is 1. The lowest BCUT2D eigenvalue weighted by Gasteiger charge is -2.22. The minimum atomic E-state index is -0.478. The molecule has 0 rings (SSSR count). The van der Waals surface area contributed by atoms with Gasteiger partial charge in [0.2, 0.25) is 0 Å². The van der Waals surface area contributed by atoms with Gasteiger partial charge in [-0.05, 0) is 41.0 Å². The number of alkyl carbamates (subject to hydrolysis) is 1. The van der Waals surface area contributed by atoms with E-state index in [1.165, 1.54) is 0 Å². The average Bonchev–Trinajstić information content (AvgIpc) is 1.77. The fourth-order valence-corrected chi connectivity index (χ4v) is 1.08. The molecule has 0 aromatic rings. The van der Waals surface area contributed by atoms with Gasteiger partial charge in [0, 0.05) is 6.04 Å². The fourth-order valence-electron chi connectivity index (χ4n) is 1.08. The molecule has 2 N–H and O–H groups in total. The van der Waals surface area contributed by atoms with Crippen molar-refractivity contribution in [3.63, 3.8) is 0 Å². The van der Waals surface area contributed by atoms with E-state index in [1.54, 1.807) is 6.92 Å². The molecule has 0 spiro atoms. The molecule has 1 unspecified atom stereocenters. The van der Waals surface area contributed by atoms with Crippen LogP contribution in [0.5, 0.6) is 0 Å². The first-order valence-corrected chi connectivity index (χ1v) is 4.88. The molecular weight excluding hydrogens is 182 g/mol. The van der Waals surface area contributed by atoms with E-state index < -0.39 is 17.8 Å². The SMILES string of the molecule is CC(O)C[C@@H](C)NC(=O)OC(C)(C)C. The lowest BCUT2D eigenvalue weighted by Crippen LogP contribution is -2.38. The van der Waals surface area contributed by atoms with Crippen molar-refractivity contribution in [3.05, 3.63) is 0 Å². The highest BCUT2D eigenvalue weighted by Crippen LogP contribution is 2.07. The standard InChI is InChI=1S/C10H21NO3/c1-7(6-8(2)12)11-9(13)14-10(3,4)5/h7-8,12H,6H2,1-5H3,(H,11,13)/t7-,8?/m1/s1. The Kier molecular flexibility index (Phi) is 4.91. The van der Waals surface area contributed by atoms with Crippen molar-refractivity contribution in [1.29, 1.82) is 0 Å². The van der Waals surface area contributed by atoms with Crippen LogP contribution in [0, 0.1) is 0 Å². The molecule has 0 fully saturated rings. The van der Waals surface area contributed by atoms with E-state index in [4.69, 9.17) is 9.84 Å². The fraction of sp³-hybridized carbons (Fsp3) is 0.900. The second kappa shape index (κ2) is 5.20. The number of carbonyl (C=O) groups excluding carboxylic acids is 1. The molecule has 2 atom stereocenters. The van der Waals surface area contributed by atoms with Crippen LogP contribution in [-0.4, -0.2) is 28.9 Å². The van der Waals surface area contributed by atoms with Crippen molar-refractivity contribution < 1.29 is 14.6 Å². The first-order chi connectivity index (χ1) is 6.20. The molecule has 84 valence electrons. The molecule has 0 aliphatic carbocycles. The normalized spacial score (nSPS) is 15.9. The van der Waals surface area contributed by atoms with Gasteiger partial charge in [0.15, 0.2) is 0 Å². The second-order valence-electron chi connectivity index (χ2n) is 4.63. The molecule has 0 bridgehead atoms. The summed E-state index contributed by atoms with van der Waals surface area (Å²) in [7, 11) is 0. The van der Waals surface area contributed by atoms with Crippen LogP contribution in [0.2, 0.25) is 0 Å². The number of rotatable bonds is 3. The zero-order chi connectivity index (χ0) is 11.4. The van der Waals surface area contributed by atoms with E-state index in [9.17, 15) is 4.79 Å². The van der Waals surface area contributed by atoms with E-state index in [2.05, 4.69) is 5.32 Å². The first-order valence-electron chi connectivity index (χ1n) is 4.88. The largest absolute Gasteiger partial charge is 0.444 e. The molecule has 14 heavy (non-hydrogen) atoms. The van der Waals surface area contributed by atoms with Gasteiger partial charge in [-0.3, -0.25) is 0 Å². The van der Waals surface area contributed by atoms with Gasteiger partial charge in [0.05, 0.1) is 6.10 Å². The maximum Gasteiger partial charge on any atom is 0.407 e. The molecule has 0 aliphatic heterocycles. The molecule has 0 aromatic carbocycles. The van der Waals surface area contributed by atoms with Crippen molar-refractivity contribution in [2.24, 2.45) is 0 Å². The maximum absolute atomic E-state index is 11.2. The highest BCUT2D eigenvalue weighted by molar-refractivity contribution is 5.67. The van der Waals surface area contributed by atoms with Crippen LogP contribution < -0.4 is 5.32 Å². The molecular formula is C10H21NO3. The third-order valence-corrected chi connectivity index (χ3v) is 1.46. The van der Waals surface area contributed by atoms with Crippen molar-refractivity contribution >= 4 is 6.09 Å². The van der Waals surface area contributed by atoms with Crippen molar-refractivity contribution in [2.45, 2.75) is 58.8 Å². The van der Waals surface area contributed by atoms with Crippen molar-refractivity contribution in [2.75, 3.05) is 0 Å². The summed E-state index contributed by atoms with van der Waals surface area (Å²) in [6, 6.07) is -0.0788. The number of hydrogen-bond donors (Lipinski definition) is 2. The Hall–Kier alpha value is -0.770. The van der Waals surface area contributed by atoms with Gasteiger partial charge in [-0.15, -0.1) is 0 Å². The topological polar surface area (TPSA) is 58.6 Å². The van der Waals surface area contributed by atoms with Crippen LogP contribution in [0.4, 0.5) is 4.79 Å². The van der Waals surface area contributed by atoms with Crippen LogP contribution >= 0.6 is 0 Å². The molecule has 0 aromatic heterocycles. The van der Waals surface area contributed by atoms with Crippen LogP contribution in [0.3, 0.4) is 0 Å². The summed E-state index contributed by atoms with van der Waals surface area (Å²) in [5.41, 5.74) is -0.478. The molecule has 1 amide bonds. The van der Waals surface area contributed by atoms with Gasteiger partial charge in [0.25, 0.3) is 0 Å². The molecule has 0 heterocycles.